The van der Waals surface area contributed by atoms with Gasteiger partial charge in [-0.25, -0.2) is 14.4 Å². The Morgan fingerprint density at radius 1 is 1.13 bits per heavy atom. The average molecular weight is 319 g/mol. The van der Waals surface area contributed by atoms with E-state index in [9.17, 15) is 14.4 Å². The third kappa shape index (κ3) is 3.50. The van der Waals surface area contributed by atoms with E-state index in [-0.39, 0.29) is 16.8 Å². The second kappa shape index (κ2) is 6.12. The molecule has 0 amide bonds. The van der Waals surface area contributed by atoms with Crippen LogP contribution < -0.4 is 5.32 Å². The van der Waals surface area contributed by atoms with Crippen molar-refractivity contribution >= 4 is 23.6 Å². The van der Waals surface area contributed by atoms with Gasteiger partial charge in [-0.2, -0.15) is 0 Å². The number of anilines is 1. The lowest BCUT2D eigenvalue weighted by atomic mass is 10.1. The summed E-state index contributed by atoms with van der Waals surface area (Å²) in [5, 5.41) is 2.86. The second-order valence-corrected chi connectivity index (χ2v) is 5.34. The van der Waals surface area contributed by atoms with Gasteiger partial charge in [-0.3, -0.25) is 0 Å². The SMILES string of the molecule is COC(=O)c1ccccc1NC(C)=C1C(=O)OC(C)(C)OC1=O. The first-order chi connectivity index (χ1) is 10.7. The maximum Gasteiger partial charge on any atom is 0.350 e. The Morgan fingerprint density at radius 2 is 1.70 bits per heavy atom. The number of methoxy groups -OCH3 is 1. The van der Waals surface area contributed by atoms with Gasteiger partial charge < -0.3 is 19.5 Å². The van der Waals surface area contributed by atoms with Crippen molar-refractivity contribution in [3.05, 3.63) is 41.1 Å². The highest BCUT2D eigenvalue weighted by molar-refractivity contribution is 6.16. The second-order valence-electron chi connectivity index (χ2n) is 5.34. The maximum atomic E-state index is 12.0. The van der Waals surface area contributed by atoms with Crippen LogP contribution in [0.25, 0.3) is 0 Å². The van der Waals surface area contributed by atoms with Gasteiger partial charge in [0.2, 0.25) is 0 Å². The molecule has 0 saturated carbocycles. The average Bonchev–Trinajstić information content (AvgIpc) is 2.44. The van der Waals surface area contributed by atoms with E-state index in [0.717, 1.165) is 0 Å². The minimum atomic E-state index is -1.30. The molecule has 1 aromatic rings. The zero-order valence-electron chi connectivity index (χ0n) is 13.3. The number of carbonyl (C=O) groups excluding carboxylic acids is 3. The Bertz CT molecular complexity index is 682. The predicted molar refractivity (Wildman–Crippen MR) is 80.4 cm³/mol. The molecular formula is C16H17NO6. The largest absolute Gasteiger partial charge is 0.465 e. The van der Waals surface area contributed by atoms with E-state index >= 15 is 0 Å². The summed E-state index contributed by atoms with van der Waals surface area (Å²) in [5.74, 6) is -3.42. The van der Waals surface area contributed by atoms with E-state index < -0.39 is 23.7 Å². The van der Waals surface area contributed by atoms with E-state index in [1.165, 1.54) is 27.9 Å². The monoisotopic (exact) mass is 319 g/mol. The summed E-state index contributed by atoms with van der Waals surface area (Å²) in [4.78, 5) is 35.8. The molecule has 23 heavy (non-hydrogen) atoms. The van der Waals surface area contributed by atoms with Gasteiger partial charge in [-0.1, -0.05) is 12.1 Å². The summed E-state index contributed by atoms with van der Waals surface area (Å²) in [7, 11) is 1.27. The molecule has 1 aliphatic rings. The fourth-order valence-corrected chi connectivity index (χ4v) is 2.10. The minimum Gasteiger partial charge on any atom is -0.465 e. The number of esters is 3. The van der Waals surface area contributed by atoms with Crippen molar-refractivity contribution in [3.63, 3.8) is 0 Å². The third-order valence-corrected chi connectivity index (χ3v) is 3.11. The number of nitrogens with one attached hydrogen (secondary N) is 1. The molecule has 7 nitrogen and oxygen atoms in total. The van der Waals surface area contributed by atoms with Crippen LogP contribution in [0.3, 0.4) is 0 Å². The highest BCUT2D eigenvalue weighted by atomic mass is 16.7. The Kier molecular flexibility index (Phi) is 4.40. The molecule has 1 fully saturated rings. The number of hydrogen-bond acceptors (Lipinski definition) is 7. The van der Waals surface area contributed by atoms with Gasteiger partial charge in [0.15, 0.2) is 5.57 Å². The van der Waals surface area contributed by atoms with Crippen LogP contribution in [0.15, 0.2) is 35.5 Å². The fraction of sp³-hybridized carbons (Fsp3) is 0.312. The lowest BCUT2D eigenvalue weighted by Gasteiger charge is -2.30. The molecule has 0 bridgehead atoms. The van der Waals surface area contributed by atoms with Crippen molar-refractivity contribution in [2.75, 3.05) is 12.4 Å². The highest BCUT2D eigenvalue weighted by Crippen LogP contribution is 2.26. The Balaban J connectivity index is 2.35. The van der Waals surface area contributed by atoms with Gasteiger partial charge in [0.25, 0.3) is 5.79 Å². The number of rotatable bonds is 3. The van der Waals surface area contributed by atoms with Gasteiger partial charge in [-0.05, 0) is 19.1 Å². The van der Waals surface area contributed by atoms with Crippen LogP contribution in [0.5, 0.6) is 0 Å². The molecule has 0 radical (unpaired) electrons. The van der Waals surface area contributed by atoms with Crippen molar-refractivity contribution in [1.82, 2.24) is 0 Å². The number of ether oxygens (including phenoxy) is 3. The van der Waals surface area contributed by atoms with E-state index in [0.29, 0.717) is 5.69 Å². The van der Waals surface area contributed by atoms with Crippen LogP contribution in [0.1, 0.15) is 31.1 Å². The molecule has 1 aliphatic heterocycles. The predicted octanol–water partition coefficient (Wildman–Crippen LogP) is 2.00. The first-order valence-corrected chi connectivity index (χ1v) is 6.87. The Hall–Kier alpha value is -2.83. The quantitative estimate of drug-likeness (QED) is 0.517. The molecule has 1 aromatic carbocycles. The van der Waals surface area contributed by atoms with Crippen LogP contribution in [0.2, 0.25) is 0 Å². The van der Waals surface area contributed by atoms with Gasteiger partial charge in [0.1, 0.15) is 0 Å². The lowest BCUT2D eigenvalue weighted by Crippen LogP contribution is -2.42. The molecule has 0 unspecified atom stereocenters. The molecule has 0 atom stereocenters. The van der Waals surface area contributed by atoms with Gasteiger partial charge >= 0.3 is 17.9 Å². The molecule has 1 saturated heterocycles. The molecule has 1 N–H and O–H groups in total. The van der Waals surface area contributed by atoms with Crippen LogP contribution in [0.4, 0.5) is 5.69 Å². The molecule has 2 rings (SSSR count). The van der Waals surface area contributed by atoms with Crippen LogP contribution in [-0.2, 0) is 23.8 Å². The van der Waals surface area contributed by atoms with Crippen molar-refractivity contribution < 1.29 is 28.6 Å². The summed E-state index contributed by atoms with van der Waals surface area (Å²) in [6.45, 7) is 4.45. The number of para-hydroxylation sites is 1. The Morgan fingerprint density at radius 3 is 2.26 bits per heavy atom. The highest BCUT2D eigenvalue weighted by Gasteiger charge is 2.40. The number of cyclic esters (lactones) is 2. The van der Waals surface area contributed by atoms with E-state index in [4.69, 9.17) is 14.2 Å². The lowest BCUT2D eigenvalue weighted by molar-refractivity contribution is -0.222. The van der Waals surface area contributed by atoms with Gasteiger partial charge in [-0.15, -0.1) is 0 Å². The van der Waals surface area contributed by atoms with E-state index in [1.807, 2.05) is 0 Å². The van der Waals surface area contributed by atoms with Gasteiger partial charge in [0, 0.05) is 19.5 Å². The van der Waals surface area contributed by atoms with Crippen molar-refractivity contribution in [3.8, 4) is 0 Å². The first-order valence-electron chi connectivity index (χ1n) is 6.87. The summed E-state index contributed by atoms with van der Waals surface area (Å²) in [5.41, 5.74) is 0.637. The van der Waals surface area contributed by atoms with Crippen LogP contribution >= 0.6 is 0 Å². The maximum absolute atomic E-state index is 12.0. The molecule has 1 heterocycles. The Labute approximate surface area is 133 Å². The summed E-state index contributed by atoms with van der Waals surface area (Å²) in [6, 6.07) is 6.56. The number of benzene rings is 1. The molecule has 122 valence electrons. The number of hydrogen-bond donors (Lipinski definition) is 1. The third-order valence-electron chi connectivity index (χ3n) is 3.11. The zero-order valence-corrected chi connectivity index (χ0v) is 13.3. The van der Waals surface area contributed by atoms with E-state index in [2.05, 4.69) is 5.32 Å². The zero-order chi connectivity index (χ0) is 17.2. The molecule has 7 heteroatoms. The first kappa shape index (κ1) is 16.5. The standard InChI is InChI=1S/C16H17NO6/c1-9(12-14(19)22-16(2,3)23-15(12)20)17-11-8-6-5-7-10(11)13(18)21-4/h5-8,17H,1-4H3. The van der Waals surface area contributed by atoms with Crippen molar-refractivity contribution in [2.45, 2.75) is 26.6 Å². The number of allylic oxidation sites excluding steroid dienone is 1. The van der Waals surface area contributed by atoms with Crippen molar-refractivity contribution in [1.29, 1.82) is 0 Å². The molecule has 0 aromatic heterocycles. The van der Waals surface area contributed by atoms with Crippen molar-refractivity contribution in [2.24, 2.45) is 0 Å². The fourth-order valence-electron chi connectivity index (χ4n) is 2.10. The normalized spacial score (nSPS) is 16.3. The molecule has 0 aliphatic carbocycles. The summed E-state index contributed by atoms with van der Waals surface area (Å²) < 4.78 is 14.8. The molecular weight excluding hydrogens is 302 g/mol. The smallest absolute Gasteiger partial charge is 0.350 e. The number of carbonyl (C=O) groups is 3. The molecule has 0 spiro atoms. The van der Waals surface area contributed by atoms with Crippen LogP contribution in [-0.4, -0.2) is 30.8 Å². The summed E-state index contributed by atoms with van der Waals surface area (Å²) >= 11 is 0. The van der Waals surface area contributed by atoms with Crippen LogP contribution in [0, 0.1) is 0 Å². The summed E-state index contributed by atoms with van der Waals surface area (Å²) in [6.07, 6.45) is 0. The van der Waals surface area contributed by atoms with E-state index in [1.54, 1.807) is 24.3 Å². The topological polar surface area (TPSA) is 90.9 Å². The van der Waals surface area contributed by atoms with Gasteiger partial charge in [0.05, 0.1) is 18.4 Å². The minimum absolute atomic E-state index is 0.215.